The van der Waals surface area contributed by atoms with E-state index in [0.717, 1.165) is 37.2 Å². The van der Waals surface area contributed by atoms with Crippen LogP contribution in [0.25, 0.3) is 0 Å². The number of aliphatic hydroxyl groups is 1. The number of nitrogens with one attached hydrogen (secondary N) is 2. The summed E-state index contributed by atoms with van der Waals surface area (Å²) < 4.78 is 0. The quantitative estimate of drug-likeness (QED) is 0.501. The zero-order valence-electron chi connectivity index (χ0n) is 8.66. The number of aliphatic hydroxyl groups excluding tert-OH is 1. The molecule has 0 aromatic rings. The molecule has 2 aliphatic rings. The summed E-state index contributed by atoms with van der Waals surface area (Å²) in [4.78, 5) is 3.89. The van der Waals surface area contributed by atoms with Crippen molar-refractivity contribution in [3.63, 3.8) is 0 Å². The van der Waals surface area contributed by atoms with Gasteiger partial charge in [-0.2, -0.15) is 0 Å². The minimum atomic E-state index is -0.790. The van der Waals surface area contributed by atoms with Gasteiger partial charge in [0.1, 0.15) is 5.82 Å². The number of rotatable bonds is 2. The molecule has 2 unspecified atom stereocenters. The van der Waals surface area contributed by atoms with Crippen molar-refractivity contribution in [1.29, 1.82) is 0 Å². The third-order valence-corrected chi connectivity index (χ3v) is 2.84. The number of hydrogen-bond donors (Lipinski definition) is 4. The Morgan fingerprint density at radius 2 is 2.40 bits per heavy atom. The van der Waals surface area contributed by atoms with E-state index in [9.17, 15) is 5.11 Å². The van der Waals surface area contributed by atoms with Crippen molar-refractivity contribution in [2.24, 2.45) is 16.6 Å². The van der Waals surface area contributed by atoms with Crippen molar-refractivity contribution in [3.8, 4) is 0 Å². The number of hydrogen-bond acceptors (Lipinski definition) is 5. The van der Waals surface area contributed by atoms with Crippen LogP contribution in [0.4, 0.5) is 0 Å². The summed E-state index contributed by atoms with van der Waals surface area (Å²) in [6.45, 7) is 4.75. The van der Waals surface area contributed by atoms with Gasteiger partial charge in [0.15, 0.2) is 12.2 Å². The molecule has 0 aromatic carbocycles. The summed E-state index contributed by atoms with van der Waals surface area (Å²) in [5, 5.41) is 15.9. The summed E-state index contributed by atoms with van der Waals surface area (Å²) >= 11 is 0. The van der Waals surface area contributed by atoms with Gasteiger partial charge in [-0.15, -0.1) is 0 Å². The van der Waals surface area contributed by atoms with Crippen molar-refractivity contribution < 1.29 is 5.11 Å². The van der Waals surface area contributed by atoms with Gasteiger partial charge in [-0.1, -0.05) is 13.3 Å². The van der Waals surface area contributed by atoms with Crippen molar-refractivity contribution in [1.82, 2.24) is 10.6 Å². The van der Waals surface area contributed by atoms with E-state index in [4.69, 9.17) is 5.73 Å². The topological polar surface area (TPSA) is 82.7 Å². The molecule has 2 atom stereocenters. The maximum absolute atomic E-state index is 9.74. The molecule has 0 fully saturated rings. The summed E-state index contributed by atoms with van der Waals surface area (Å²) in [7, 11) is 0. The van der Waals surface area contributed by atoms with Crippen LogP contribution in [0.15, 0.2) is 16.4 Å². The first-order valence-corrected chi connectivity index (χ1v) is 5.25. The van der Waals surface area contributed by atoms with Gasteiger partial charge in [0, 0.05) is 12.1 Å². The number of nitrogens with two attached hydrogens (primary N) is 1. The van der Waals surface area contributed by atoms with Crippen LogP contribution in [0.2, 0.25) is 0 Å². The van der Waals surface area contributed by atoms with E-state index < -0.39 is 6.23 Å². The Morgan fingerprint density at radius 1 is 1.60 bits per heavy atom. The summed E-state index contributed by atoms with van der Waals surface area (Å²) in [6, 6.07) is 0. The molecule has 0 saturated carbocycles. The van der Waals surface area contributed by atoms with Gasteiger partial charge >= 0.3 is 0 Å². The van der Waals surface area contributed by atoms with Crippen molar-refractivity contribution in [3.05, 3.63) is 18.3 Å². The van der Waals surface area contributed by atoms with E-state index in [1.807, 2.05) is 0 Å². The molecule has 5 N–H and O–H groups in total. The molecular formula is C10H17N4O. The van der Waals surface area contributed by atoms with Crippen LogP contribution in [0, 0.1) is 12.8 Å². The Morgan fingerprint density at radius 3 is 3.13 bits per heavy atom. The molecule has 0 amide bonds. The van der Waals surface area contributed by atoms with Gasteiger partial charge in [-0.3, -0.25) is 0 Å². The van der Waals surface area contributed by atoms with Crippen LogP contribution >= 0.6 is 0 Å². The van der Waals surface area contributed by atoms with Crippen molar-refractivity contribution in [2.45, 2.75) is 25.5 Å². The third-order valence-electron chi connectivity index (χ3n) is 2.84. The van der Waals surface area contributed by atoms with Gasteiger partial charge in [0.25, 0.3) is 0 Å². The molecule has 0 aromatic heterocycles. The van der Waals surface area contributed by atoms with E-state index in [2.05, 4.69) is 22.5 Å². The minimum absolute atomic E-state index is 0.268. The zero-order valence-corrected chi connectivity index (χ0v) is 8.66. The van der Waals surface area contributed by atoms with Crippen molar-refractivity contribution in [2.75, 3.05) is 6.54 Å². The van der Waals surface area contributed by atoms with Crippen molar-refractivity contribution >= 4 is 5.96 Å². The highest BCUT2D eigenvalue weighted by Gasteiger charge is 2.27. The maximum Gasteiger partial charge on any atom is 0.197 e. The van der Waals surface area contributed by atoms with Crippen LogP contribution in [-0.2, 0) is 0 Å². The molecule has 2 heterocycles. The Bertz CT molecular complexity index is 311. The molecule has 5 heteroatoms. The average molecular weight is 209 g/mol. The second kappa shape index (κ2) is 4.10. The fourth-order valence-electron chi connectivity index (χ4n) is 2.07. The van der Waals surface area contributed by atoms with Gasteiger partial charge in [0.05, 0.1) is 0 Å². The molecule has 1 radical (unpaired) electrons. The SMILES string of the molecule is [CH2]CCC1CNC2=C(C1)C(O)N=C(N)N2. The number of guanidine groups is 1. The highest BCUT2D eigenvalue weighted by atomic mass is 16.3. The predicted molar refractivity (Wildman–Crippen MR) is 58.5 cm³/mol. The molecule has 0 saturated heterocycles. The zero-order chi connectivity index (χ0) is 10.8. The highest BCUT2D eigenvalue weighted by Crippen LogP contribution is 2.26. The molecule has 2 rings (SSSR count). The highest BCUT2D eigenvalue weighted by molar-refractivity contribution is 5.81. The molecule has 0 spiro atoms. The first-order valence-electron chi connectivity index (χ1n) is 5.25. The largest absolute Gasteiger partial charge is 0.371 e. The van der Waals surface area contributed by atoms with E-state index >= 15 is 0 Å². The van der Waals surface area contributed by atoms with Crippen LogP contribution in [0.3, 0.4) is 0 Å². The minimum Gasteiger partial charge on any atom is -0.371 e. The lowest BCUT2D eigenvalue weighted by Crippen LogP contribution is -2.47. The van der Waals surface area contributed by atoms with E-state index in [1.54, 1.807) is 0 Å². The number of nitrogens with zero attached hydrogens (tertiary/aromatic N) is 1. The fourth-order valence-corrected chi connectivity index (χ4v) is 2.07. The Balaban J connectivity index is 2.09. The average Bonchev–Trinajstić information content (AvgIpc) is 2.19. The predicted octanol–water partition coefficient (Wildman–Crippen LogP) is -0.342. The van der Waals surface area contributed by atoms with Crippen LogP contribution in [0.5, 0.6) is 0 Å². The summed E-state index contributed by atoms with van der Waals surface area (Å²) in [5.41, 5.74) is 6.43. The summed E-state index contributed by atoms with van der Waals surface area (Å²) in [6.07, 6.45) is 2.06. The first-order chi connectivity index (χ1) is 7.20. The molecule has 83 valence electrons. The first kappa shape index (κ1) is 10.3. The fraction of sp³-hybridized carbons (Fsp3) is 0.600. The van der Waals surface area contributed by atoms with Crippen LogP contribution in [-0.4, -0.2) is 23.8 Å². The smallest absolute Gasteiger partial charge is 0.197 e. The molecule has 0 bridgehead atoms. The lowest BCUT2D eigenvalue weighted by atomic mass is 9.91. The Kier molecular flexibility index (Phi) is 2.81. The van der Waals surface area contributed by atoms with E-state index in [0.29, 0.717) is 5.92 Å². The van der Waals surface area contributed by atoms with Crippen LogP contribution < -0.4 is 16.4 Å². The third kappa shape index (κ3) is 2.07. The van der Waals surface area contributed by atoms with Gasteiger partial charge in [0.2, 0.25) is 0 Å². The maximum atomic E-state index is 9.74. The standard InChI is InChI=1S/C10H17N4O/c1-2-3-6-4-7-8(12-5-6)13-10(11)14-9(7)15/h6,9,12,15H,1-5H2,(H3,11,13,14). The summed E-state index contributed by atoms with van der Waals surface area (Å²) in [5.74, 6) is 1.63. The molecule has 5 nitrogen and oxygen atoms in total. The monoisotopic (exact) mass is 209 g/mol. The molecule has 15 heavy (non-hydrogen) atoms. The molecule has 0 aliphatic carbocycles. The Hall–Kier alpha value is -1.23. The van der Waals surface area contributed by atoms with E-state index in [-0.39, 0.29) is 5.96 Å². The lowest BCUT2D eigenvalue weighted by molar-refractivity contribution is 0.199. The number of aliphatic imine (C=N–C) groups is 1. The normalized spacial score (nSPS) is 30.1. The lowest BCUT2D eigenvalue weighted by Gasteiger charge is -2.32. The Labute approximate surface area is 89.5 Å². The van der Waals surface area contributed by atoms with E-state index in [1.165, 1.54) is 0 Å². The van der Waals surface area contributed by atoms with Gasteiger partial charge < -0.3 is 21.5 Å². The second-order valence-corrected chi connectivity index (χ2v) is 4.01. The van der Waals surface area contributed by atoms with Gasteiger partial charge in [-0.05, 0) is 18.8 Å². The molecular weight excluding hydrogens is 192 g/mol. The van der Waals surface area contributed by atoms with Crippen LogP contribution in [0.1, 0.15) is 19.3 Å². The second-order valence-electron chi connectivity index (χ2n) is 4.01. The van der Waals surface area contributed by atoms with Gasteiger partial charge in [-0.25, -0.2) is 4.99 Å². The molecule has 2 aliphatic heterocycles.